The summed E-state index contributed by atoms with van der Waals surface area (Å²) in [6, 6.07) is 5.35. The van der Waals surface area contributed by atoms with E-state index in [1.807, 2.05) is 13.8 Å². The van der Waals surface area contributed by atoms with Crippen LogP contribution in [0.2, 0.25) is 0 Å². The van der Waals surface area contributed by atoms with E-state index in [1.165, 1.54) is 0 Å². The molecule has 0 unspecified atom stereocenters. The van der Waals surface area contributed by atoms with Crippen LogP contribution in [0.4, 0.5) is 11.4 Å². The molecule has 1 aliphatic rings. The Balaban J connectivity index is 2.20. The standard InChI is InChI=1S/C17H22N2O3/c1-4-5-6-16(20)18-13-7-8-15-14(9-13)19(10-12(2)3)17(21)11-22-15/h7-9H,2,4-6,10-11H2,1,3H3,(H,18,20). The highest BCUT2D eigenvalue weighted by Gasteiger charge is 2.25. The maximum atomic E-state index is 12.0. The van der Waals surface area contributed by atoms with Crippen LogP contribution in [0.5, 0.6) is 5.75 Å². The molecule has 0 bridgehead atoms. The number of carbonyl (C=O) groups excluding carboxylic acids is 2. The molecule has 1 heterocycles. The van der Waals surface area contributed by atoms with E-state index < -0.39 is 0 Å². The van der Waals surface area contributed by atoms with Gasteiger partial charge in [-0.2, -0.15) is 0 Å². The summed E-state index contributed by atoms with van der Waals surface area (Å²) in [4.78, 5) is 25.5. The topological polar surface area (TPSA) is 58.6 Å². The van der Waals surface area contributed by atoms with Gasteiger partial charge in [0.25, 0.3) is 5.91 Å². The summed E-state index contributed by atoms with van der Waals surface area (Å²) in [5.41, 5.74) is 2.23. The Labute approximate surface area is 130 Å². The van der Waals surface area contributed by atoms with E-state index in [1.54, 1.807) is 23.1 Å². The number of nitrogens with zero attached hydrogens (tertiary/aromatic N) is 1. The summed E-state index contributed by atoms with van der Waals surface area (Å²) in [6.07, 6.45) is 2.34. The Bertz CT molecular complexity index is 596. The van der Waals surface area contributed by atoms with Gasteiger partial charge in [-0.3, -0.25) is 9.59 Å². The second kappa shape index (κ2) is 7.11. The van der Waals surface area contributed by atoms with Crippen molar-refractivity contribution >= 4 is 23.2 Å². The second-order valence-electron chi connectivity index (χ2n) is 5.56. The second-order valence-corrected chi connectivity index (χ2v) is 5.56. The van der Waals surface area contributed by atoms with Crippen LogP contribution in [0, 0.1) is 0 Å². The SMILES string of the molecule is C=C(C)CN1C(=O)COc2ccc(NC(=O)CCCC)cc21. The average molecular weight is 302 g/mol. The average Bonchev–Trinajstić information content (AvgIpc) is 2.48. The summed E-state index contributed by atoms with van der Waals surface area (Å²) in [5, 5.41) is 2.86. The van der Waals surface area contributed by atoms with Gasteiger partial charge in [-0.05, 0) is 31.5 Å². The van der Waals surface area contributed by atoms with Gasteiger partial charge in [-0.1, -0.05) is 25.5 Å². The minimum Gasteiger partial charge on any atom is -0.482 e. The van der Waals surface area contributed by atoms with Crippen LogP contribution in [0.25, 0.3) is 0 Å². The third-order valence-corrected chi connectivity index (χ3v) is 3.37. The molecule has 2 rings (SSSR count). The molecular weight excluding hydrogens is 280 g/mol. The molecule has 0 saturated heterocycles. The molecule has 0 aromatic heterocycles. The molecule has 1 aromatic carbocycles. The largest absolute Gasteiger partial charge is 0.482 e. The fourth-order valence-electron chi connectivity index (χ4n) is 2.28. The molecule has 1 aliphatic heterocycles. The van der Waals surface area contributed by atoms with Crippen LogP contribution in [-0.2, 0) is 9.59 Å². The highest BCUT2D eigenvalue weighted by atomic mass is 16.5. The minimum absolute atomic E-state index is 0.0173. The van der Waals surface area contributed by atoms with Crippen LogP contribution < -0.4 is 15.0 Å². The number of benzene rings is 1. The Morgan fingerprint density at radius 3 is 2.91 bits per heavy atom. The number of amides is 2. The van der Waals surface area contributed by atoms with Crippen molar-refractivity contribution in [3.63, 3.8) is 0 Å². The lowest BCUT2D eigenvalue weighted by atomic mass is 10.1. The number of carbonyl (C=O) groups is 2. The Morgan fingerprint density at radius 1 is 1.45 bits per heavy atom. The van der Waals surface area contributed by atoms with Crippen LogP contribution in [-0.4, -0.2) is 25.0 Å². The van der Waals surface area contributed by atoms with Crippen molar-refractivity contribution in [1.29, 1.82) is 0 Å². The number of unbranched alkanes of at least 4 members (excludes halogenated alkanes) is 1. The minimum atomic E-state index is -0.107. The number of fused-ring (bicyclic) bond motifs is 1. The van der Waals surface area contributed by atoms with Crippen LogP contribution in [0.3, 0.4) is 0 Å². The smallest absolute Gasteiger partial charge is 0.265 e. The lowest BCUT2D eigenvalue weighted by molar-refractivity contribution is -0.121. The number of ether oxygens (including phenoxy) is 1. The predicted octanol–water partition coefficient (Wildman–Crippen LogP) is 3.12. The van der Waals surface area contributed by atoms with E-state index in [9.17, 15) is 9.59 Å². The molecule has 2 amide bonds. The van der Waals surface area contributed by atoms with Crippen molar-refractivity contribution in [2.75, 3.05) is 23.4 Å². The van der Waals surface area contributed by atoms with Crippen LogP contribution in [0.15, 0.2) is 30.4 Å². The van der Waals surface area contributed by atoms with Gasteiger partial charge in [0.15, 0.2) is 6.61 Å². The summed E-state index contributed by atoms with van der Waals surface area (Å²) >= 11 is 0. The lowest BCUT2D eigenvalue weighted by Gasteiger charge is -2.30. The van der Waals surface area contributed by atoms with Crippen molar-refractivity contribution in [1.82, 2.24) is 0 Å². The summed E-state index contributed by atoms with van der Waals surface area (Å²) < 4.78 is 5.44. The number of hydrogen-bond acceptors (Lipinski definition) is 3. The Kier molecular flexibility index (Phi) is 5.20. The lowest BCUT2D eigenvalue weighted by Crippen LogP contribution is -2.39. The predicted molar refractivity (Wildman–Crippen MR) is 87.3 cm³/mol. The summed E-state index contributed by atoms with van der Waals surface area (Å²) in [6.45, 7) is 8.25. The fraction of sp³-hybridized carbons (Fsp3) is 0.412. The van der Waals surface area contributed by atoms with Crippen molar-refractivity contribution in [3.8, 4) is 5.75 Å². The van der Waals surface area contributed by atoms with Gasteiger partial charge in [0, 0.05) is 18.7 Å². The van der Waals surface area contributed by atoms with E-state index in [0.717, 1.165) is 18.4 Å². The quantitative estimate of drug-likeness (QED) is 0.821. The van der Waals surface area contributed by atoms with Crippen LogP contribution >= 0.6 is 0 Å². The Morgan fingerprint density at radius 2 is 2.23 bits per heavy atom. The first-order chi connectivity index (χ1) is 10.5. The highest BCUT2D eigenvalue weighted by Crippen LogP contribution is 2.34. The first kappa shape index (κ1) is 16.1. The van der Waals surface area contributed by atoms with E-state index in [2.05, 4.69) is 11.9 Å². The van der Waals surface area contributed by atoms with Gasteiger partial charge in [0.1, 0.15) is 5.75 Å². The summed E-state index contributed by atoms with van der Waals surface area (Å²) in [5.74, 6) is 0.522. The third kappa shape index (κ3) is 3.87. The normalized spacial score (nSPS) is 13.4. The van der Waals surface area contributed by atoms with E-state index in [4.69, 9.17) is 4.74 Å². The molecule has 5 heteroatoms. The third-order valence-electron chi connectivity index (χ3n) is 3.37. The first-order valence-electron chi connectivity index (χ1n) is 7.52. The number of anilines is 2. The zero-order valence-corrected chi connectivity index (χ0v) is 13.1. The first-order valence-corrected chi connectivity index (χ1v) is 7.52. The highest BCUT2D eigenvalue weighted by molar-refractivity contribution is 5.99. The van der Waals surface area contributed by atoms with Gasteiger partial charge in [0.05, 0.1) is 5.69 Å². The van der Waals surface area contributed by atoms with E-state index >= 15 is 0 Å². The molecular formula is C17H22N2O3. The molecule has 1 N–H and O–H groups in total. The van der Waals surface area contributed by atoms with Crippen molar-refractivity contribution in [2.45, 2.75) is 33.1 Å². The van der Waals surface area contributed by atoms with Gasteiger partial charge in [-0.25, -0.2) is 0 Å². The molecule has 0 fully saturated rings. The zero-order valence-electron chi connectivity index (χ0n) is 13.1. The zero-order chi connectivity index (χ0) is 16.1. The molecule has 1 aromatic rings. The molecule has 5 nitrogen and oxygen atoms in total. The number of nitrogens with one attached hydrogen (secondary N) is 1. The Hall–Kier alpha value is -2.30. The van der Waals surface area contributed by atoms with Crippen molar-refractivity contribution in [2.24, 2.45) is 0 Å². The van der Waals surface area contributed by atoms with Crippen molar-refractivity contribution < 1.29 is 14.3 Å². The maximum Gasteiger partial charge on any atom is 0.265 e. The van der Waals surface area contributed by atoms with Gasteiger partial charge in [0.2, 0.25) is 5.91 Å². The van der Waals surface area contributed by atoms with Crippen LogP contribution in [0.1, 0.15) is 33.1 Å². The molecule has 0 radical (unpaired) electrons. The number of rotatable bonds is 6. The van der Waals surface area contributed by atoms with E-state index in [0.29, 0.717) is 30.1 Å². The molecule has 22 heavy (non-hydrogen) atoms. The maximum absolute atomic E-state index is 12.0. The fourth-order valence-corrected chi connectivity index (χ4v) is 2.28. The van der Waals surface area contributed by atoms with Crippen molar-refractivity contribution in [3.05, 3.63) is 30.4 Å². The van der Waals surface area contributed by atoms with Gasteiger partial charge in [-0.15, -0.1) is 0 Å². The number of hydrogen-bond donors (Lipinski definition) is 1. The monoisotopic (exact) mass is 302 g/mol. The van der Waals surface area contributed by atoms with Gasteiger partial charge < -0.3 is 15.0 Å². The molecule has 0 atom stereocenters. The molecule has 118 valence electrons. The van der Waals surface area contributed by atoms with E-state index in [-0.39, 0.29) is 18.4 Å². The molecule has 0 saturated carbocycles. The molecule has 0 spiro atoms. The molecule has 0 aliphatic carbocycles. The van der Waals surface area contributed by atoms with Gasteiger partial charge >= 0.3 is 0 Å². The summed E-state index contributed by atoms with van der Waals surface area (Å²) in [7, 11) is 0.